The quantitative estimate of drug-likeness (QED) is 0.812. The number of nitrogens with zero attached hydrogens (tertiary/aromatic N) is 1. The van der Waals surface area contributed by atoms with Gasteiger partial charge >= 0.3 is 0 Å². The Labute approximate surface area is 123 Å². The van der Waals surface area contributed by atoms with Gasteiger partial charge in [-0.1, -0.05) is 41.9 Å². The lowest BCUT2D eigenvalue weighted by molar-refractivity contribution is 0.181. The molecule has 2 aromatic carbocycles. The van der Waals surface area contributed by atoms with Crippen LogP contribution in [0.3, 0.4) is 0 Å². The SMILES string of the molecule is N#Cc1ccc(OC(c2ccccc2)C2CC2)cc1Cl. The van der Waals surface area contributed by atoms with Gasteiger partial charge < -0.3 is 4.74 Å². The fourth-order valence-corrected chi connectivity index (χ4v) is 2.50. The van der Waals surface area contributed by atoms with Crippen LogP contribution >= 0.6 is 11.6 Å². The zero-order chi connectivity index (χ0) is 13.9. The molecule has 3 rings (SSSR count). The summed E-state index contributed by atoms with van der Waals surface area (Å²) in [5.41, 5.74) is 1.66. The first kappa shape index (κ1) is 13.0. The van der Waals surface area contributed by atoms with E-state index in [-0.39, 0.29) is 6.10 Å². The zero-order valence-corrected chi connectivity index (χ0v) is 11.7. The first-order valence-corrected chi connectivity index (χ1v) is 7.07. The molecule has 100 valence electrons. The minimum absolute atomic E-state index is 0.0696. The molecule has 2 aromatic rings. The molecule has 1 fully saturated rings. The highest BCUT2D eigenvalue weighted by molar-refractivity contribution is 6.31. The Bertz CT molecular complexity index is 644. The van der Waals surface area contributed by atoms with Crippen LogP contribution in [-0.4, -0.2) is 0 Å². The molecule has 0 radical (unpaired) electrons. The Morgan fingerprint density at radius 1 is 1.15 bits per heavy atom. The Morgan fingerprint density at radius 3 is 2.50 bits per heavy atom. The van der Waals surface area contributed by atoms with Crippen LogP contribution in [0.5, 0.6) is 5.75 Å². The third-order valence-corrected chi connectivity index (χ3v) is 3.82. The van der Waals surface area contributed by atoms with Gasteiger partial charge in [-0.05, 0) is 30.5 Å². The van der Waals surface area contributed by atoms with Gasteiger partial charge in [0, 0.05) is 12.0 Å². The Kier molecular flexibility index (Phi) is 3.62. The number of rotatable bonds is 4. The zero-order valence-electron chi connectivity index (χ0n) is 10.9. The lowest BCUT2D eigenvalue weighted by Crippen LogP contribution is -2.09. The number of nitriles is 1. The first-order chi connectivity index (χ1) is 9.78. The molecule has 1 saturated carbocycles. The second-order valence-corrected chi connectivity index (χ2v) is 5.45. The number of ether oxygens (including phenoxy) is 1. The molecule has 3 heteroatoms. The topological polar surface area (TPSA) is 33.0 Å². The Balaban J connectivity index is 1.84. The molecule has 1 aliphatic carbocycles. The van der Waals surface area contributed by atoms with Gasteiger partial charge in [-0.15, -0.1) is 0 Å². The summed E-state index contributed by atoms with van der Waals surface area (Å²) in [6.45, 7) is 0. The van der Waals surface area contributed by atoms with E-state index >= 15 is 0 Å². The van der Waals surface area contributed by atoms with Crippen molar-refractivity contribution in [2.45, 2.75) is 18.9 Å². The van der Waals surface area contributed by atoms with Crippen molar-refractivity contribution in [2.24, 2.45) is 5.92 Å². The van der Waals surface area contributed by atoms with Crippen LogP contribution in [0.4, 0.5) is 0 Å². The second-order valence-electron chi connectivity index (χ2n) is 5.04. The third kappa shape index (κ3) is 2.79. The molecule has 0 aromatic heterocycles. The highest BCUT2D eigenvalue weighted by Crippen LogP contribution is 2.43. The highest BCUT2D eigenvalue weighted by atomic mass is 35.5. The van der Waals surface area contributed by atoms with Gasteiger partial charge in [0.05, 0.1) is 10.6 Å². The van der Waals surface area contributed by atoms with E-state index in [0.717, 1.165) is 5.75 Å². The first-order valence-electron chi connectivity index (χ1n) is 6.69. The van der Waals surface area contributed by atoms with Gasteiger partial charge in [-0.2, -0.15) is 5.26 Å². The molecule has 0 amide bonds. The fourth-order valence-electron chi connectivity index (χ4n) is 2.28. The Morgan fingerprint density at radius 2 is 1.90 bits per heavy atom. The van der Waals surface area contributed by atoms with Gasteiger partial charge in [-0.25, -0.2) is 0 Å². The van der Waals surface area contributed by atoms with Gasteiger partial charge in [0.25, 0.3) is 0 Å². The van der Waals surface area contributed by atoms with Crippen molar-refractivity contribution in [2.75, 3.05) is 0 Å². The largest absolute Gasteiger partial charge is 0.485 e. The average Bonchev–Trinajstić information content (AvgIpc) is 3.30. The van der Waals surface area contributed by atoms with Crippen molar-refractivity contribution in [3.63, 3.8) is 0 Å². The molecule has 1 aliphatic rings. The van der Waals surface area contributed by atoms with E-state index in [1.807, 2.05) is 24.3 Å². The predicted molar refractivity (Wildman–Crippen MR) is 78.7 cm³/mol. The van der Waals surface area contributed by atoms with Crippen LogP contribution < -0.4 is 4.74 Å². The molecule has 1 atom stereocenters. The van der Waals surface area contributed by atoms with Gasteiger partial charge in [-0.3, -0.25) is 0 Å². The van der Waals surface area contributed by atoms with E-state index in [4.69, 9.17) is 21.6 Å². The van der Waals surface area contributed by atoms with E-state index in [9.17, 15) is 0 Å². The molecular weight excluding hydrogens is 270 g/mol. The van der Waals surface area contributed by atoms with Crippen LogP contribution in [0.25, 0.3) is 0 Å². The maximum Gasteiger partial charge on any atom is 0.127 e. The molecule has 20 heavy (non-hydrogen) atoms. The second kappa shape index (κ2) is 5.56. The summed E-state index contributed by atoms with van der Waals surface area (Å²) >= 11 is 6.05. The summed E-state index contributed by atoms with van der Waals surface area (Å²) in [5.74, 6) is 1.29. The number of hydrogen-bond acceptors (Lipinski definition) is 2. The van der Waals surface area contributed by atoms with Gasteiger partial charge in [0.15, 0.2) is 0 Å². The van der Waals surface area contributed by atoms with Crippen molar-refractivity contribution in [1.82, 2.24) is 0 Å². The van der Waals surface area contributed by atoms with Crippen LogP contribution in [0.2, 0.25) is 5.02 Å². The molecule has 1 unspecified atom stereocenters. The van der Waals surface area contributed by atoms with E-state index in [0.29, 0.717) is 16.5 Å². The average molecular weight is 284 g/mol. The molecule has 0 bridgehead atoms. The summed E-state index contributed by atoms with van der Waals surface area (Å²) in [4.78, 5) is 0. The lowest BCUT2D eigenvalue weighted by atomic mass is 10.1. The highest BCUT2D eigenvalue weighted by Gasteiger charge is 2.34. The summed E-state index contributed by atoms with van der Waals surface area (Å²) in [7, 11) is 0. The maximum absolute atomic E-state index is 8.89. The standard InChI is InChI=1S/C17H14ClNO/c18-16-10-15(9-8-14(16)11-19)20-17(13-6-7-13)12-4-2-1-3-5-12/h1-5,8-10,13,17H,6-7H2. The maximum atomic E-state index is 8.89. The van der Waals surface area contributed by atoms with Crippen LogP contribution in [0.15, 0.2) is 48.5 Å². The van der Waals surface area contributed by atoms with Crippen molar-refractivity contribution in [3.05, 3.63) is 64.7 Å². The van der Waals surface area contributed by atoms with E-state index in [1.54, 1.807) is 12.1 Å². The van der Waals surface area contributed by atoms with E-state index < -0.39 is 0 Å². The van der Waals surface area contributed by atoms with E-state index in [2.05, 4.69) is 18.2 Å². The summed E-state index contributed by atoms with van der Waals surface area (Å²) in [6, 6.07) is 17.5. The third-order valence-electron chi connectivity index (χ3n) is 3.50. The molecule has 0 heterocycles. The normalized spacial score (nSPS) is 15.4. The molecule has 0 aliphatic heterocycles. The summed E-state index contributed by atoms with van der Waals surface area (Å²) < 4.78 is 6.11. The van der Waals surface area contributed by atoms with E-state index in [1.165, 1.54) is 18.4 Å². The molecule has 0 spiro atoms. The molecular formula is C17H14ClNO. The van der Waals surface area contributed by atoms with Crippen LogP contribution in [0, 0.1) is 17.2 Å². The van der Waals surface area contributed by atoms with Crippen LogP contribution in [0.1, 0.15) is 30.1 Å². The lowest BCUT2D eigenvalue weighted by Gasteiger charge is -2.19. The minimum Gasteiger partial charge on any atom is -0.485 e. The summed E-state index contributed by atoms with van der Waals surface area (Å²) in [6.07, 6.45) is 2.47. The van der Waals surface area contributed by atoms with Crippen molar-refractivity contribution in [1.29, 1.82) is 5.26 Å². The number of benzene rings is 2. The predicted octanol–water partition coefficient (Wildman–Crippen LogP) is 4.74. The Hall–Kier alpha value is -1.98. The molecule has 0 N–H and O–H groups in total. The summed E-state index contributed by atoms with van der Waals surface area (Å²) in [5, 5.41) is 9.33. The molecule has 0 saturated heterocycles. The molecule has 2 nitrogen and oxygen atoms in total. The monoisotopic (exact) mass is 283 g/mol. The van der Waals surface area contributed by atoms with Crippen molar-refractivity contribution in [3.8, 4) is 11.8 Å². The van der Waals surface area contributed by atoms with Crippen LogP contribution in [-0.2, 0) is 0 Å². The smallest absolute Gasteiger partial charge is 0.127 e. The van der Waals surface area contributed by atoms with Gasteiger partial charge in [0.2, 0.25) is 0 Å². The number of hydrogen-bond donors (Lipinski definition) is 0. The minimum atomic E-state index is 0.0696. The fraction of sp³-hybridized carbons (Fsp3) is 0.235. The van der Waals surface area contributed by atoms with Gasteiger partial charge in [0.1, 0.15) is 17.9 Å². The van der Waals surface area contributed by atoms with Crippen molar-refractivity contribution < 1.29 is 4.74 Å². The number of halogens is 1. The van der Waals surface area contributed by atoms with Crippen molar-refractivity contribution >= 4 is 11.6 Å².